The fourth-order valence-electron chi connectivity index (χ4n) is 3.39. The van der Waals surface area contributed by atoms with E-state index in [-0.39, 0.29) is 10.8 Å². The van der Waals surface area contributed by atoms with Crippen LogP contribution in [0, 0.1) is 27.9 Å². The minimum absolute atomic E-state index is 0.0301. The number of nitrogens with two attached hydrogens (primary N) is 1. The van der Waals surface area contributed by atoms with Gasteiger partial charge in [0.05, 0.1) is 0 Å². The van der Waals surface area contributed by atoms with Crippen LogP contribution in [0.3, 0.4) is 0 Å². The summed E-state index contributed by atoms with van der Waals surface area (Å²) in [5.41, 5.74) is 4.75. The SMILES string of the molecule is CCC1([N+](=O)[O-])CCC(CNCCN)C(C)C1C. The van der Waals surface area contributed by atoms with Gasteiger partial charge in [-0.1, -0.05) is 20.8 Å². The largest absolute Gasteiger partial charge is 0.329 e. The summed E-state index contributed by atoms with van der Waals surface area (Å²) < 4.78 is 0. The molecule has 0 aliphatic heterocycles. The number of nitrogens with zero attached hydrogens (tertiary/aromatic N) is 1. The lowest BCUT2D eigenvalue weighted by molar-refractivity contribution is -0.588. The Kier molecular flexibility index (Phi) is 5.53. The highest BCUT2D eigenvalue weighted by Crippen LogP contribution is 2.44. The van der Waals surface area contributed by atoms with E-state index in [9.17, 15) is 10.1 Å². The summed E-state index contributed by atoms with van der Waals surface area (Å²) >= 11 is 0. The smallest absolute Gasteiger partial charge is 0.224 e. The second-order valence-electron chi connectivity index (χ2n) is 5.65. The van der Waals surface area contributed by atoms with Crippen molar-refractivity contribution in [2.75, 3.05) is 19.6 Å². The van der Waals surface area contributed by atoms with Crippen LogP contribution in [0.2, 0.25) is 0 Å². The Labute approximate surface area is 110 Å². The molecule has 0 aromatic rings. The number of hydrogen-bond donors (Lipinski definition) is 2. The van der Waals surface area contributed by atoms with Gasteiger partial charge in [0, 0.05) is 36.8 Å². The first-order valence-corrected chi connectivity index (χ1v) is 7.04. The molecule has 1 aliphatic carbocycles. The van der Waals surface area contributed by atoms with Crippen LogP contribution < -0.4 is 11.1 Å². The van der Waals surface area contributed by atoms with Crippen molar-refractivity contribution in [3.8, 4) is 0 Å². The lowest BCUT2D eigenvalue weighted by atomic mass is 9.63. The summed E-state index contributed by atoms with van der Waals surface area (Å²) in [6.45, 7) is 8.55. The maximum atomic E-state index is 11.4. The second kappa shape index (κ2) is 6.48. The number of rotatable bonds is 6. The van der Waals surface area contributed by atoms with E-state index in [2.05, 4.69) is 12.2 Å². The van der Waals surface area contributed by atoms with E-state index in [0.717, 1.165) is 19.5 Å². The van der Waals surface area contributed by atoms with Crippen molar-refractivity contribution in [3.05, 3.63) is 10.1 Å². The fourth-order valence-corrected chi connectivity index (χ4v) is 3.39. The van der Waals surface area contributed by atoms with Gasteiger partial charge >= 0.3 is 0 Å². The van der Waals surface area contributed by atoms with Crippen LogP contribution in [0.1, 0.15) is 40.0 Å². The monoisotopic (exact) mass is 257 g/mol. The average Bonchev–Trinajstić information content (AvgIpc) is 2.35. The molecule has 5 nitrogen and oxygen atoms in total. The molecule has 0 saturated heterocycles. The summed E-state index contributed by atoms with van der Waals surface area (Å²) in [6.07, 6.45) is 2.28. The first-order chi connectivity index (χ1) is 8.49. The minimum atomic E-state index is -0.705. The number of hydrogen-bond acceptors (Lipinski definition) is 4. The highest BCUT2D eigenvalue weighted by molar-refractivity contribution is 4.94. The molecule has 1 fully saturated rings. The normalized spacial score (nSPS) is 36.6. The Morgan fingerprint density at radius 2 is 2.17 bits per heavy atom. The van der Waals surface area contributed by atoms with Gasteiger partial charge in [-0.2, -0.15) is 0 Å². The Morgan fingerprint density at radius 1 is 1.50 bits per heavy atom. The van der Waals surface area contributed by atoms with E-state index in [1.807, 2.05) is 13.8 Å². The molecule has 0 aromatic heterocycles. The lowest BCUT2D eigenvalue weighted by Gasteiger charge is -2.42. The highest BCUT2D eigenvalue weighted by Gasteiger charge is 2.52. The van der Waals surface area contributed by atoms with Crippen molar-refractivity contribution < 1.29 is 4.92 Å². The van der Waals surface area contributed by atoms with Gasteiger partial charge in [-0.15, -0.1) is 0 Å². The maximum Gasteiger partial charge on any atom is 0.224 e. The molecule has 0 aromatic carbocycles. The van der Waals surface area contributed by atoms with E-state index in [1.165, 1.54) is 0 Å². The van der Waals surface area contributed by atoms with Gasteiger partial charge in [0.15, 0.2) is 0 Å². The van der Waals surface area contributed by atoms with Gasteiger partial charge in [0.25, 0.3) is 0 Å². The van der Waals surface area contributed by atoms with Crippen LogP contribution in [0.25, 0.3) is 0 Å². The van der Waals surface area contributed by atoms with E-state index >= 15 is 0 Å². The number of nitrogens with one attached hydrogen (secondary N) is 1. The van der Waals surface area contributed by atoms with Crippen LogP contribution in [0.15, 0.2) is 0 Å². The third-order valence-corrected chi connectivity index (χ3v) is 5.03. The molecule has 0 radical (unpaired) electrons. The van der Waals surface area contributed by atoms with Crippen molar-refractivity contribution in [1.29, 1.82) is 0 Å². The summed E-state index contributed by atoms with van der Waals surface area (Å²) in [6, 6.07) is 0. The molecule has 106 valence electrons. The first kappa shape index (κ1) is 15.4. The minimum Gasteiger partial charge on any atom is -0.329 e. The van der Waals surface area contributed by atoms with Crippen molar-refractivity contribution in [3.63, 3.8) is 0 Å². The molecule has 3 N–H and O–H groups in total. The molecule has 0 bridgehead atoms. The van der Waals surface area contributed by atoms with Crippen molar-refractivity contribution in [2.45, 2.75) is 45.6 Å². The Bertz CT molecular complexity index is 285. The Balaban J connectivity index is 2.67. The van der Waals surface area contributed by atoms with Crippen LogP contribution in [-0.2, 0) is 0 Å². The van der Waals surface area contributed by atoms with E-state index in [0.29, 0.717) is 31.2 Å². The van der Waals surface area contributed by atoms with Crippen LogP contribution in [0.4, 0.5) is 0 Å². The van der Waals surface area contributed by atoms with Crippen LogP contribution >= 0.6 is 0 Å². The van der Waals surface area contributed by atoms with Gasteiger partial charge in [-0.3, -0.25) is 10.1 Å². The van der Waals surface area contributed by atoms with Crippen LogP contribution in [-0.4, -0.2) is 30.1 Å². The first-order valence-electron chi connectivity index (χ1n) is 7.04. The van der Waals surface area contributed by atoms with Gasteiger partial charge < -0.3 is 11.1 Å². The van der Waals surface area contributed by atoms with Crippen LogP contribution in [0.5, 0.6) is 0 Å². The quantitative estimate of drug-likeness (QED) is 0.430. The zero-order valence-electron chi connectivity index (χ0n) is 11.8. The molecule has 1 rings (SSSR count). The maximum absolute atomic E-state index is 11.4. The summed E-state index contributed by atoms with van der Waals surface area (Å²) in [4.78, 5) is 11.4. The van der Waals surface area contributed by atoms with Gasteiger partial charge in [0.1, 0.15) is 0 Å². The second-order valence-corrected chi connectivity index (χ2v) is 5.65. The molecule has 4 atom stereocenters. The Hall–Kier alpha value is -0.680. The van der Waals surface area contributed by atoms with E-state index < -0.39 is 5.54 Å². The lowest BCUT2D eigenvalue weighted by Crippen LogP contribution is -2.52. The summed E-state index contributed by atoms with van der Waals surface area (Å²) in [5, 5.41) is 14.7. The van der Waals surface area contributed by atoms with E-state index in [4.69, 9.17) is 5.73 Å². The molecule has 18 heavy (non-hydrogen) atoms. The predicted molar refractivity (Wildman–Crippen MR) is 73.0 cm³/mol. The van der Waals surface area contributed by atoms with Crippen molar-refractivity contribution in [1.82, 2.24) is 5.32 Å². The molecule has 0 spiro atoms. The molecule has 1 aliphatic rings. The topological polar surface area (TPSA) is 81.2 Å². The number of nitro groups is 1. The molecule has 5 heteroatoms. The average molecular weight is 257 g/mol. The van der Waals surface area contributed by atoms with Crippen molar-refractivity contribution >= 4 is 0 Å². The molecule has 0 heterocycles. The fraction of sp³-hybridized carbons (Fsp3) is 1.00. The third kappa shape index (κ3) is 2.83. The zero-order chi connectivity index (χ0) is 13.8. The molecule has 4 unspecified atom stereocenters. The van der Waals surface area contributed by atoms with Crippen molar-refractivity contribution in [2.24, 2.45) is 23.5 Å². The molecular weight excluding hydrogens is 230 g/mol. The third-order valence-electron chi connectivity index (χ3n) is 5.03. The van der Waals surface area contributed by atoms with E-state index in [1.54, 1.807) is 0 Å². The highest BCUT2D eigenvalue weighted by atomic mass is 16.6. The predicted octanol–water partition coefficient (Wildman–Crippen LogP) is 1.64. The summed E-state index contributed by atoms with van der Waals surface area (Å²) in [7, 11) is 0. The van der Waals surface area contributed by atoms with Gasteiger partial charge in [-0.25, -0.2) is 0 Å². The van der Waals surface area contributed by atoms with Gasteiger partial charge in [-0.05, 0) is 24.8 Å². The molecule has 0 amide bonds. The van der Waals surface area contributed by atoms with Gasteiger partial charge in [0.2, 0.25) is 5.54 Å². The summed E-state index contributed by atoms with van der Waals surface area (Å²) in [5.74, 6) is 1.05. The standard InChI is InChI=1S/C13H27N3O2/c1-4-13(16(17)18)6-5-12(9-15-8-7-14)10(2)11(13)3/h10-12,15H,4-9,14H2,1-3H3. The zero-order valence-corrected chi connectivity index (χ0v) is 11.8. The molecule has 1 saturated carbocycles. The Morgan fingerprint density at radius 3 is 2.67 bits per heavy atom. The molecular formula is C13H27N3O2.